The molecule has 0 atom stereocenters. The van der Waals surface area contributed by atoms with E-state index < -0.39 is 5.97 Å². The fraction of sp³-hybridized carbons (Fsp3) is 0.176. The van der Waals surface area contributed by atoms with E-state index in [0.717, 1.165) is 33.3 Å². The number of aromatic nitrogens is 2. The number of aliphatic carboxylic acids is 1. The molecule has 0 unspecified atom stereocenters. The normalized spacial score (nSPS) is 10.9. The zero-order valence-corrected chi connectivity index (χ0v) is 11.8. The Kier molecular flexibility index (Phi) is 3.44. The summed E-state index contributed by atoms with van der Waals surface area (Å²) in [6, 6.07) is 10.0. The molecule has 0 saturated heterocycles. The van der Waals surface area contributed by atoms with Gasteiger partial charge in [-0.05, 0) is 48.2 Å². The lowest BCUT2D eigenvalue weighted by molar-refractivity contribution is -0.136. The number of carboxylic acid groups (broad SMARTS) is 1. The number of hydrogen-bond acceptors (Lipinski definition) is 2. The van der Waals surface area contributed by atoms with Gasteiger partial charge >= 0.3 is 5.97 Å². The number of aromatic amines is 1. The lowest BCUT2D eigenvalue weighted by Gasteiger charge is -2.06. The third kappa shape index (κ3) is 2.52. The third-order valence-electron chi connectivity index (χ3n) is 3.72. The molecule has 2 aromatic heterocycles. The number of nitrogens with one attached hydrogen (secondary N) is 1. The second-order valence-corrected chi connectivity index (χ2v) is 5.09. The van der Waals surface area contributed by atoms with Crippen molar-refractivity contribution in [1.82, 2.24) is 9.97 Å². The topological polar surface area (TPSA) is 66.0 Å². The van der Waals surface area contributed by atoms with Gasteiger partial charge in [-0.3, -0.25) is 9.78 Å². The highest BCUT2D eigenvalue weighted by Crippen LogP contribution is 2.33. The number of pyridine rings is 1. The van der Waals surface area contributed by atoms with Gasteiger partial charge in [0.25, 0.3) is 0 Å². The van der Waals surface area contributed by atoms with Gasteiger partial charge in [0.05, 0.1) is 0 Å². The maximum atomic E-state index is 10.9. The van der Waals surface area contributed by atoms with Gasteiger partial charge in [-0.1, -0.05) is 12.1 Å². The molecule has 0 spiro atoms. The maximum Gasteiger partial charge on any atom is 0.303 e. The predicted octanol–water partition coefficient (Wildman–Crippen LogP) is 3.56. The van der Waals surface area contributed by atoms with E-state index >= 15 is 0 Å². The quantitative estimate of drug-likeness (QED) is 0.768. The van der Waals surface area contributed by atoms with Crippen LogP contribution < -0.4 is 0 Å². The summed E-state index contributed by atoms with van der Waals surface area (Å²) < 4.78 is 0. The van der Waals surface area contributed by atoms with Crippen LogP contribution >= 0.6 is 0 Å². The Balaban J connectivity index is 2.19. The van der Waals surface area contributed by atoms with Crippen LogP contribution in [0.4, 0.5) is 0 Å². The third-order valence-corrected chi connectivity index (χ3v) is 3.72. The van der Waals surface area contributed by atoms with Gasteiger partial charge in [0, 0.05) is 35.4 Å². The minimum absolute atomic E-state index is 0.137. The van der Waals surface area contributed by atoms with Gasteiger partial charge in [0.1, 0.15) is 0 Å². The van der Waals surface area contributed by atoms with E-state index in [1.165, 1.54) is 0 Å². The zero-order chi connectivity index (χ0) is 14.8. The van der Waals surface area contributed by atoms with Crippen LogP contribution in [0.5, 0.6) is 0 Å². The molecular weight excluding hydrogens is 264 g/mol. The van der Waals surface area contributed by atoms with Crippen molar-refractivity contribution in [3.05, 3.63) is 54.0 Å². The van der Waals surface area contributed by atoms with Crippen molar-refractivity contribution in [3.63, 3.8) is 0 Å². The van der Waals surface area contributed by atoms with Gasteiger partial charge in [-0.2, -0.15) is 0 Å². The molecule has 4 heteroatoms. The first kappa shape index (κ1) is 13.4. The van der Waals surface area contributed by atoms with E-state index in [9.17, 15) is 4.79 Å². The smallest absolute Gasteiger partial charge is 0.303 e. The monoisotopic (exact) mass is 280 g/mol. The van der Waals surface area contributed by atoms with Gasteiger partial charge in [0.2, 0.25) is 0 Å². The summed E-state index contributed by atoms with van der Waals surface area (Å²) in [5, 5.41) is 10.1. The van der Waals surface area contributed by atoms with Crippen LogP contribution in [0.25, 0.3) is 22.0 Å². The van der Waals surface area contributed by atoms with Crippen LogP contribution in [0, 0.1) is 6.92 Å². The van der Waals surface area contributed by atoms with Crippen molar-refractivity contribution in [2.45, 2.75) is 19.8 Å². The molecular formula is C17H16N2O2. The molecule has 2 N–H and O–H groups in total. The molecule has 2 heterocycles. The van der Waals surface area contributed by atoms with Crippen LogP contribution in [0.1, 0.15) is 17.7 Å². The SMILES string of the molecule is Cc1[nH]c2cccc(-c3ccncc3)c2c1CCC(=O)O. The number of aryl methyl sites for hydroxylation is 2. The van der Waals surface area contributed by atoms with E-state index in [0.29, 0.717) is 6.42 Å². The first-order valence-electron chi connectivity index (χ1n) is 6.89. The molecule has 106 valence electrons. The van der Waals surface area contributed by atoms with Crippen molar-refractivity contribution in [3.8, 4) is 11.1 Å². The molecule has 4 nitrogen and oxygen atoms in total. The fourth-order valence-corrected chi connectivity index (χ4v) is 2.76. The molecule has 0 aliphatic heterocycles. The fourth-order valence-electron chi connectivity index (χ4n) is 2.76. The second kappa shape index (κ2) is 5.40. The van der Waals surface area contributed by atoms with Gasteiger partial charge < -0.3 is 10.1 Å². The summed E-state index contributed by atoms with van der Waals surface area (Å²) in [5.41, 5.74) is 5.36. The molecule has 0 aliphatic rings. The Bertz CT molecular complexity index is 791. The number of fused-ring (bicyclic) bond motifs is 1. The van der Waals surface area contributed by atoms with Gasteiger partial charge in [-0.15, -0.1) is 0 Å². The number of H-pyrrole nitrogens is 1. The van der Waals surface area contributed by atoms with Crippen molar-refractivity contribution >= 4 is 16.9 Å². The summed E-state index contributed by atoms with van der Waals surface area (Å²) >= 11 is 0. The van der Waals surface area contributed by atoms with Crippen molar-refractivity contribution < 1.29 is 9.90 Å². The number of rotatable bonds is 4. The molecule has 0 saturated carbocycles. The zero-order valence-electron chi connectivity index (χ0n) is 11.8. The highest BCUT2D eigenvalue weighted by molar-refractivity contribution is 5.98. The molecule has 3 rings (SSSR count). The van der Waals surface area contributed by atoms with Crippen LogP contribution in [-0.4, -0.2) is 21.0 Å². The summed E-state index contributed by atoms with van der Waals surface area (Å²) in [5.74, 6) is -0.773. The van der Waals surface area contributed by atoms with E-state index in [4.69, 9.17) is 5.11 Å². The molecule has 0 aliphatic carbocycles. The first-order chi connectivity index (χ1) is 10.2. The van der Waals surface area contributed by atoms with E-state index in [1.54, 1.807) is 12.4 Å². The van der Waals surface area contributed by atoms with E-state index in [2.05, 4.69) is 16.0 Å². The molecule has 1 aromatic carbocycles. The van der Waals surface area contributed by atoms with Crippen molar-refractivity contribution in [2.24, 2.45) is 0 Å². The minimum Gasteiger partial charge on any atom is -0.481 e. The number of nitrogens with zero attached hydrogens (tertiary/aromatic N) is 1. The lowest BCUT2D eigenvalue weighted by atomic mass is 9.97. The Hall–Kier alpha value is -2.62. The summed E-state index contributed by atoms with van der Waals surface area (Å²) in [4.78, 5) is 18.3. The molecule has 3 aromatic rings. The largest absolute Gasteiger partial charge is 0.481 e. The van der Waals surface area contributed by atoms with Crippen molar-refractivity contribution in [1.29, 1.82) is 0 Å². The number of hydrogen-bond donors (Lipinski definition) is 2. The molecule has 0 fully saturated rings. The van der Waals surface area contributed by atoms with Crippen molar-refractivity contribution in [2.75, 3.05) is 0 Å². The molecule has 0 radical (unpaired) electrons. The minimum atomic E-state index is -0.773. The first-order valence-corrected chi connectivity index (χ1v) is 6.89. The van der Waals surface area contributed by atoms with Crippen LogP contribution in [0.3, 0.4) is 0 Å². The molecule has 0 amide bonds. The van der Waals surface area contributed by atoms with E-state index in [-0.39, 0.29) is 6.42 Å². The average Bonchev–Trinajstić information content (AvgIpc) is 2.81. The maximum absolute atomic E-state index is 10.9. The Morgan fingerprint density at radius 3 is 2.71 bits per heavy atom. The Morgan fingerprint density at radius 1 is 1.24 bits per heavy atom. The Labute approximate surface area is 122 Å². The highest BCUT2D eigenvalue weighted by Gasteiger charge is 2.14. The Morgan fingerprint density at radius 2 is 2.00 bits per heavy atom. The summed E-state index contributed by atoms with van der Waals surface area (Å²) in [6.45, 7) is 1.99. The standard InChI is InChI=1S/C17H16N2O2/c1-11-13(5-6-16(20)21)17-14(3-2-4-15(17)19-11)12-7-9-18-10-8-12/h2-4,7-10,19H,5-6H2,1H3,(H,20,21). The molecule has 0 bridgehead atoms. The average molecular weight is 280 g/mol. The highest BCUT2D eigenvalue weighted by atomic mass is 16.4. The number of benzene rings is 1. The van der Waals surface area contributed by atoms with Crippen LogP contribution in [-0.2, 0) is 11.2 Å². The van der Waals surface area contributed by atoms with E-state index in [1.807, 2.05) is 31.2 Å². The summed E-state index contributed by atoms with van der Waals surface area (Å²) in [6.07, 6.45) is 4.21. The van der Waals surface area contributed by atoms with Crippen LogP contribution in [0.2, 0.25) is 0 Å². The number of carboxylic acids is 1. The number of carbonyl (C=O) groups is 1. The lowest BCUT2D eigenvalue weighted by Crippen LogP contribution is -1.98. The van der Waals surface area contributed by atoms with Gasteiger partial charge in [-0.25, -0.2) is 0 Å². The second-order valence-electron chi connectivity index (χ2n) is 5.09. The molecule has 21 heavy (non-hydrogen) atoms. The predicted molar refractivity (Wildman–Crippen MR) is 82.2 cm³/mol. The van der Waals surface area contributed by atoms with Crippen LogP contribution in [0.15, 0.2) is 42.7 Å². The van der Waals surface area contributed by atoms with Gasteiger partial charge in [0.15, 0.2) is 0 Å². The summed E-state index contributed by atoms with van der Waals surface area (Å²) in [7, 11) is 0.